The summed E-state index contributed by atoms with van der Waals surface area (Å²) in [6.45, 7) is 1.83. The second-order valence-corrected chi connectivity index (χ2v) is 8.27. The second kappa shape index (κ2) is 8.57. The predicted molar refractivity (Wildman–Crippen MR) is 110 cm³/mol. The van der Waals surface area contributed by atoms with Crippen molar-refractivity contribution in [2.45, 2.75) is 19.4 Å². The molecule has 1 aromatic carbocycles. The summed E-state index contributed by atoms with van der Waals surface area (Å²) in [5.74, 6) is 0.0495. The fraction of sp³-hybridized carbons (Fsp3) is 0.429. The summed E-state index contributed by atoms with van der Waals surface area (Å²) >= 11 is 1.46. The smallest absolute Gasteiger partial charge is 0.263 e. The summed E-state index contributed by atoms with van der Waals surface area (Å²) in [5.41, 5.74) is 2.25. The number of hydrogen-bond acceptors (Lipinski definition) is 4. The van der Waals surface area contributed by atoms with Crippen molar-refractivity contribution in [3.63, 3.8) is 0 Å². The van der Waals surface area contributed by atoms with Crippen LogP contribution in [0.3, 0.4) is 0 Å². The van der Waals surface area contributed by atoms with Gasteiger partial charge in [0.1, 0.15) is 0 Å². The third-order valence-corrected chi connectivity index (χ3v) is 5.90. The standard InChI is InChI=1S/C21H27N3O2S/c1-22(2)18-10-8-16(9-11-18)14-23(3)20(25)17-6-4-12-24(15-17)21(26)19-7-5-13-27-19/h5,7-11,13,17H,4,6,12,14-15H2,1-3H3. The van der Waals surface area contributed by atoms with E-state index >= 15 is 0 Å². The molecule has 0 bridgehead atoms. The molecule has 0 saturated carbocycles. The van der Waals surface area contributed by atoms with Crippen LogP contribution in [0.25, 0.3) is 0 Å². The number of thiophene rings is 1. The van der Waals surface area contributed by atoms with Crippen LogP contribution in [0.4, 0.5) is 5.69 Å². The monoisotopic (exact) mass is 385 g/mol. The van der Waals surface area contributed by atoms with Crippen molar-refractivity contribution in [3.05, 3.63) is 52.2 Å². The number of anilines is 1. The number of carbonyl (C=O) groups is 2. The molecule has 6 heteroatoms. The van der Waals surface area contributed by atoms with Gasteiger partial charge in [0.25, 0.3) is 5.91 Å². The molecule has 0 radical (unpaired) electrons. The van der Waals surface area contributed by atoms with Gasteiger partial charge in [0.05, 0.1) is 10.8 Å². The average molecular weight is 386 g/mol. The summed E-state index contributed by atoms with van der Waals surface area (Å²) in [4.78, 5) is 31.9. The first-order valence-electron chi connectivity index (χ1n) is 9.29. The molecule has 5 nitrogen and oxygen atoms in total. The third kappa shape index (κ3) is 4.69. The van der Waals surface area contributed by atoms with Gasteiger partial charge in [-0.25, -0.2) is 0 Å². The molecule has 144 valence electrons. The molecule has 2 aromatic rings. The highest BCUT2D eigenvalue weighted by Gasteiger charge is 2.30. The number of piperidine rings is 1. The Morgan fingerprint density at radius 2 is 1.89 bits per heavy atom. The van der Waals surface area contributed by atoms with Crippen molar-refractivity contribution in [1.29, 1.82) is 0 Å². The molecule has 0 N–H and O–H groups in total. The van der Waals surface area contributed by atoms with E-state index in [0.29, 0.717) is 13.1 Å². The van der Waals surface area contributed by atoms with Gasteiger partial charge in [-0.2, -0.15) is 0 Å². The van der Waals surface area contributed by atoms with E-state index in [1.165, 1.54) is 11.3 Å². The first-order valence-corrected chi connectivity index (χ1v) is 10.2. The molecular formula is C21H27N3O2S. The molecule has 1 aliphatic heterocycles. The zero-order valence-corrected chi connectivity index (χ0v) is 17.0. The lowest BCUT2D eigenvalue weighted by atomic mass is 9.96. The van der Waals surface area contributed by atoms with E-state index in [4.69, 9.17) is 0 Å². The molecule has 1 fully saturated rings. The van der Waals surface area contributed by atoms with Crippen LogP contribution in [0.1, 0.15) is 28.1 Å². The minimum Gasteiger partial charge on any atom is -0.378 e. The zero-order chi connectivity index (χ0) is 19.4. The Balaban J connectivity index is 1.59. The Kier molecular flexibility index (Phi) is 6.16. The van der Waals surface area contributed by atoms with Gasteiger partial charge in [-0.1, -0.05) is 18.2 Å². The highest BCUT2D eigenvalue weighted by molar-refractivity contribution is 7.12. The van der Waals surface area contributed by atoms with Crippen LogP contribution < -0.4 is 4.90 Å². The summed E-state index contributed by atoms with van der Waals surface area (Å²) in [6, 6.07) is 12.0. The summed E-state index contributed by atoms with van der Waals surface area (Å²) in [7, 11) is 5.87. The summed E-state index contributed by atoms with van der Waals surface area (Å²) in [6.07, 6.45) is 1.72. The molecule has 2 heterocycles. The number of rotatable bonds is 5. The molecule has 1 unspecified atom stereocenters. The van der Waals surface area contributed by atoms with Crippen molar-refractivity contribution in [3.8, 4) is 0 Å². The first kappa shape index (κ1) is 19.4. The number of hydrogen-bond donors (Lipinski definition) is 0. The topological polar surface area (TPSA) is 43.9 Å². The largest absolute Gasteiger partial charge is 0.378 e. The Morgan fingerprint density at radius 3 is 2.52 bits per heavy atom. The van der Waals surface area contributed by atoms with Crippen LogP contribution in [0.2, 0.25) is 0 Å². The van der Waals surface area contributed by atoms with E-state index < -0.39 is 0 Å². The number of carbonyl (C=O) groups excluding carboxylic acids is 2. The van der Waals surface area contributed by atoms with E-state index in [0.717, 1.165) is 35.5 Å². The maximum atomic E-state index is 12.9. The van der Waals surface area contributed by atoms with Crippen LogP contribution >= 0.6 is 11.3 Å². The van der Waals surface area contributed by atoms with Crippen molar-refractivity contribution in [1.82, 2.24) is 9.80 Å². The summed E-state index contributed by atoms with van der Waals surface area (Å²) < 4.78 is 0. The van der Waals surface area contributed by atoms with Crippen molar-refractivity contribution in [2.24, 2.45) is 5.92 Å². The fourth-order valence-corrected chi connectivity index (χ4v) is 4.17. The van der Waals surface area contributed by atoms with Gasteiger partial charge in [0.15, 0.2) is 0 Å². The predicted octanol–water partition coefficient (Wildman–Crippen LogP) is 3.32. The van der Waals surface area contributed by atoms with Crippen LogP contribution in [0.5, 0.6) is 0 Å². The van der Waals surface area contributed by atoms with Crippen molar-refractivity contribution in [2.75, 3.05) is 39.1 Å². The molecule has 1 aromatic heterocycles. The molecule has 27 heavy (non-hydrogen) atoms. The van der Waals surface area contributed by atoms with Crippen molar-refractivity contribution < 1.29 is 9.59 Å². The minimum absolute atomic E-state index is 0.0458. The van der Waals surface area contributed by atoms with Gasteiger partial charge in [-0.05, 0) is 42.0 Å². The van der Waals surface area contributed by atoms with Crippen LogP contribution in [-0.2, 0) is 11.3 Å². The highest BCUT2D eigenvalue weighted by Crippen LogP contribution is 2.23. The molecule has 1 atom stereocenters. The van der Waals surface area contributed by atoms with E-state index in [1.54, 1.807) is 4.90 Å². The van der Waals surface area contributed by atoms with Gasteiger partial charge in [0.2, 0.25) is 5.91 Å². The lowest BCUT2D eigenvalue weighted by Gasteiger charge is -2.33. The lowest BCUT2D eigenvalue weighted by molar-refractivity contribution is -0.136. The van der Waals surface area contributed by atoms with Gasteiger partial charge in [-0.15, -0.1) is 11.3 Å². The number of amides is 2. The normalized spacial score (nSPS) is 16.9. The third-order valence-electron chi connectivity index (χ3n) is 5.04. The van der Waals surface area contributed by atoms with E-state index in [2.05, 4.69) is 29.2 Å². The van der Waals surface area contributed by atoms with E-state index in [-0.39, 0.29) is 17.7 Å². The van der Waals surface area contributed by atoms with Gasteiger partial charge in [0, 0.05) is 46.5 Å². The molecule has 1 aliphatic rings. The number of nitrogens with zero attached hydrogens (tertiary/aromatic N) is 3. The van der Waals surface area contributed by atoms with Gasteiger partial charge >= 0.3 is 0 Å². The fourth-order valence-electron chi connectivity index (χ4n) is 3.48. The maximum Gasteiger partial charge on any atom is 0.263 e. The average Bonchev–Trinajstić information content (AvgIpc) is 3.22. The van der Waals surface area contributed by atoms with Gasteiger partial charge < -0.3 is 14.7 Å². The van der Waals surface area contributed by atoms with Crippen molar-refractivity contribution >= 4 is 28.8 Å². The Bertz CT molecular complexity index is 771. The molecule has 1 saturated heterocycles. The van der Waals surface area contributed by atoms with Crippen LogP contribution in [0.15, 0.2) is 41.8 Å². The Morgan fingerprint density at radius 1 is 1.15 bits per heavy atom. The molecular weight excluding hydrogens is 358 g/mol. The van der Waals surface area contributed by atoms with Gasteiger partial charge in [-0.3, -0.25) is 9.59 Å². The zero-order valence-electron chi connectivity index (χ0n) is 16.2. The minimum atomic E-state index is -0.117. The maximum absolute atomic E-state index is 12.9. The number of benzene rings is 1. The second-order valence-electron chi connectivity index (χ2n) is 7.32. The highest BCUT2D eigenvalue weighted by atomic mass is 32.1. The Labute approximate surface area is 165 Å². The molecule has 0 aliphatic carbocycles. The van der Waals surface area contributed by atoms with Crippen LogP contribution in [0, 0.1) is 5.92 Å². The molecule has 3 rings (SSSR count). The molecule has 0 spiro atoms. The van der Waals surface area contributed by atoms with E-state index in [9.17, 15) is 9.59 Å². The van der Waals surface area contributed by atoms with E-state index in [1.807, 2.05) is 43.6 Å². The molecule has 2 amide bonds. The first-order chi connectivity index (χ1) is 13.0. The quantitative estimate of drug-likeness (QED) is 0.793. The number of likely N-dealkylation sites (tertiary alicyclic amines) is 1. The lowest BCUT2D eigenvalue weighted by Crippen LogP contribution is -2.45. The summed E-state index contributed by atoms with van der Waals surface area (Å²) in [5, 5.41) is 1.91. The van der Waals surface area contributed by atoms with Crippen LogP contribution in [-0.4, -0.2) is 55.8 Å². The Hall–Kier alpha value is -2.34. The SMILES string of the molecule is CN(Cc1ccc(N(C)C)cc1)C(=O)C1CCCN(C(=O)c2cccs2)C1.